The largest absolute Gasteiger partial charge is 0.344 e. The van der Waals surface area contributed by atoms with E-state index in [0.717, 1.165) is 6.42 Å². The molecule has 78 valence electrons. The number of hydrogen-bond donors (Lipinski definition) is 1. The normalized spacial score (nSPS) is 10.1. The van der Waals surface area contributed by atoms with E-state index in [9.17, 15) is 4.79 Å². The predicted octanol–water partition coefficient (Wildman–Crippen LogP) is -0.915. The third kappa shape index (κ3) is 3.14. The molecule has 6 nitrogen and oxygen atoms in total. The summed E-state index contributed by atoms with van der Waals surface area (Å²) in [5.74, 6) is 0.0175. The number of carbonyl (C=O) groups is 1. The van der Waals surface area contributed by atoms with Gasteiger partial charge in [0.15, 0.2) is 0 Å². The van der Waals surface area contributed by atoms with Crippen LogP contribution in [0.3, 0.4) is 0 Å². The molecule has 1 aromatic heterocycles. The van der Waals surface area contributed by atoms with Crippen LogP contribution in [0.5, 0.6) is 0 Å². The van der Waals surface area contributed by atoms with Crippen molar-refractivity contribution in [1.82, 2.24) is 19.7 Å². The summed E-state index contributed by atoms with van der Waals surface area (Å²) in [4.78, 5) is 16.9. The molecule has 0 saturated carbocycles. The molecule has 0 atom stereocenters. The van der Waals surface area contributed by atoms with Crippen LogP contribution in [0.4, 0.5) is 0 Å². The van der Waals surface area contributed by atoms with Crippen molar-refractivity contribution in [1.29, 1.82) is 0 Å². The lowest BCUT2D eigenvalue weighted by molar-refractivity contribution is -0.130. The maximum atomic E-state index is 11.5. The minimum Gasteiger partial charge on any atom is -0.344 e. The van der Waals surface area contributed by atoms with Gasteiger partial charge in [0.2, 0.25) is 5.91 Å². The van der Waals surface area contributed by atoms with Crippen molar-refractivity contribution in [3.05, 3.63) is 12.7 Å². The van der Waals surface area contributed by atoms with Crippen LogP contribution < -0.4 is 5.73 Å². The summed E-state index contributed by atoms with van der Waals surface area (Å²) in [5.41, 5.74) is 5.35. The van der Waals surface area contributed by atoms with Gasteiger partial charge in [0.25, 0.3) is 0 Å². The van der Waals surface area contributed by atoms with Gasteiger partial charge in [0, 0.05) is 13.6 Å². The molecule has 2 N–H and O–H groups in total. The van der Waals surface area contributed by atoms with E-state index < -0.39 is 0 Å². The molecule has 1 rings (SSSR count). The minimum absolute atomic E-state index is 0.0175. The second-order valence-corrected chi connectivity index (χ2v) is 3.05. The van der Waals surface area contributed by atoms with Gasteiger partial charge in [0.1, 0.15) is 19.2 Å². The van der Waals surface area contributed by atoms with Crippen LogP contribution in [0.2, 0.25) is 0 Å². The summed E-state index contributed by atoms with van der Waals surface area (Å²) in [6, 6.07) is 0. The van der Waals surface area contributed by atoms with Gasteiger partial charge in [0.05, 0.1) is 0 Å². The summed E-state index contributed by atoms with van der Waals surface area (Å²) < 4.78 is 1.50. The molecule has 0 aliphatic carbocycles. The lowest BCUT2D eigenvalue weighted by Crippen LogP contribution is -2.32. The molecule has 0 saturated heterocycles. The molecule has 0 aliphatic rings. The van der Waals surface area contributed by atoms with Crippen LogP contribution in [0.15, 0.2) is 12.7 Å². The monoisotopic (exact) mass is 197 g/mol. The fraction of sp³-hybridized carbons (Fsp3) is 0.625. The fourth-order valence-electron chi connectivity index (χ4n) is 1.03. The molecule has 14 heavy (non-hydrogen) atoms. The lowest BCUT2D eigenvalue weighted by Gasteiger charge is -2.16. The fourth-order valence-corrected chi connectivity index (χ4v) is 1.03. The van der Waals surface area contributed by atoms with Crippen molar-refractivity contribution < 1.29 is 4.79 Å². The van der Waals surface area contributed by atoms with Crippen molar-refractivity contribution in [2.75, 3.05) is 20.1 Å². The van der Waals surface area contributed by atoms with Gasteiger partial charge in [-0.2, -0.15) is 5.10 Å². The number of nitrogens with two attached hydrogens (primary N) is 1. The van der Waals surface area contributed by atoms with Crippen LogP contribution in [0.25, 0.3) is 0 Å². The van der Waals surface area contributed by atoms with Crippen LogP contribution in [0.1, 0.15) is 6.42 Å². The van der Waals surface area contributed by atoms with Crippen LogP contribution in [-0.2, 0) is 11.3 Å². The third-order valence-corrected chi connectivity index (χ3v) is 1.89. The Balaban J connectivity index is 2.34. The summed E-state index contributed by atoms with van der Waals surface area (Å²) in [6.07, 6.45) is 3.75. The number of rotatable bonds is 5. The van der Waals surface area contributed by atoms with E-state index in [0.29, 0.717) is 13.1 Å². The number of nitrogens with zero attached hydrogens (tertiary/aromatic N) is 4. The number of aromatic nitrogens is 3. The lowest BCUT2D eigenvalue weighted by atomic mass is 10.4. The highest BCUT2D eigenvalue weighted by Gasteiger charge is 2.08. The molecule has 0 radical (unpaired) electrons. The first-order chi connectivity index (χ1) is 6.74. The Hall–Kier alpha value is -1.43. The molecule has 0 aromatic carbocycles. The smallest absolute Gasteiger partial charge is 0.244 e. The van der Waals surface area contributed by atoms with Crippen molar-refractivity contribution in [2.24, 2.45) is 5.73 Å². The van der Waals surface area contributed by atoms with Crippen molar-refractivity contribution in [2.45, 2.75) is 13.0 Å². The zero-order valence-electron chi connectivity index (χ0n) is 8.26. The van der Waals surface area contributed by atoms with Crippen LogP contribution in [0, 0.1) is 0 Å². The zero-order chi connectivity index (χ0) is 10.4. The average Bonchev–Trinajstić information content (AvgIpc) is 2.66. The number of hydrogen-bond acceptors (Lipinski definition) is 4. The number of amides is 1. The first kappa shape index (κ1) is 10.6. The molecule has 1 heterocycles. The van der Waals surface area contributed by atoms with Gasteiger partial charge in [-0.15, -0.1) is 0 Å². The van der Waals surface area contributed by atoms with Gasteiger partial charge >= 0.3 is 0 Å². The third-order valence-electron chi connectivity index (χ3n) is 1.89. The highest BCUT2D eigenvalue weighted by atomic mass is 16.2. The standard InChI is InChI=1S/C8H15N5O/c1-12(4-2-3-9)8(14)5-13-7-10-6-11-13/h6-7H,2-5,9H2,1H3. The van der Waals surface area contributed by atoms with Crippen molar-refractivity contribution in [3.63, 3.8) is 0 Å². The first-order valence-electron chi connectivity index (χ1n) is 4.50. The molecule has 0 spiro atoms. The number of likely N-dealkylation sites (N-methyl/N-ethyl adjacent to an activating group) is 1. The van der Waals surface area contributed by atoms with E-state index in [2.05, 4.69) is 10.1 Å². The van der Waals surface area contributed by atoms with Gasteiger partial charge in [-0.05, 0) is 13.0 Å². The molecular weight excluding hydrogens is 182 g/mol. The molecule has 6 heteroatoms. The highest BCUT2D eigenvalue weighted by Crippen LogP contribution is 1.90. The topological polar surface area (TPSA) is 77.0 Å². The van der Waals surface area contributed by atoms with Gasteiger partial charge in [-0.3, -0.25) is 4.79 Å². The van der Waals surface area contributed by atoms with Crippen LogP contribution >= 0.6 is 0 Å². The van der Waals surface area contributed by atoms with Crippen molar-refractivity contribution in [3.8, 4) is 0 Å². The Bertz CT molecular complexity index is 271. The summed E-state index contributed by atoms with van der Waals surface area (Å²) in [6.45, 7) is 1.52. The van der Waals surface area contributed by atoms with Gasteiger partial charge in [-0.1, -0.05) is 0 Å². The average molecular weight is 197 g/mol. The molecule has 0 aliphatic heterocycles. The van der Waals surface area contributed by atoms with Crippen molar-refractivity contribution >= 4 is 5.91 Å². The minimum atomic E-state index is 0.0175. The highest BCUT2D eigenvalue weighted by molar-refractivity contribution is 5.75. The predicted molar refractivity (Wildman–Crippen MR) is 51.3 cm³/mol. The summed E-state index contributed by atoms with van der Waals surface area (Å²) in [7, 11) is 1.76. The Labute approximate surface area is 82.7 Å². The Morgan fingerprint density at radius 2 is 2.43 bits per heavy atom. The van der Waals surface area contributed by atoms with Gasteiger partial charge in [-0.25, -0.2) is 9.67 Å². The van der Waals surface area contributed by atoms with E-state index in [-0.39, 0.29) is 12.5 Å². The Morgan fingerprint density at radius 3 is 3.00 bits per heavy atom. The van der Waals surface area contributed by atoms with Gasteiger partial charge < -0.3 is 10.6 Å². The Kier molecular flexibility index (Phi) is 4.06. The van der Waals surface area contributed by atoms with E-state index >= 15 is 0 Å². The molecule has 1 aromatic rings. The van der Waals surface area contributed by atoms with E-state index in [1.54, 1.807) is 11.9 Å². The number of carbonyl (C=O) groups excluding carboxylic acids is 1. The van der Waals surface area contributed by atoms with Crippen LogP contribution in [-0.4, -0.2) is 45.7 Å². The molecular formula is C8H15N5O. The maximum absolute atomic E-state index is 11.5. The molecule has 1 amide bonds. The maximum Gasteiger partial charge on any atom is 0.244 e. The summed E-state index contributed by atoms with van der Waals surface area (Å²) >= 11 is 0. The summed E-state index contributed by atoms with van der Waals surface area (Å²) in [5, 5.41) is 3.85. The molecule has 0 unspecified atom stereocenters. The second kappa shape index (κ2) is 5.33. The SMILES string of the molecule is CN(CCCN)C(=O)Cn1cncn1. The van der Waals surface area contributed by atoms with E-state index in [4.69, 9.17) is 5.73 Å². The second-order valence-electron chi connectivity index (χ2n) is 3.05. The van der Waals surface area contributed by atoms with E-state index in [1.807, 2.05) is 0 Å². The first-order valence-corrected chi connectivity index (χ1v) is 4.50. The molecule has 0 bridgehead atoms. The quantitative estimate of drug-likeness (QED) is 0.662. The Morgan fingerprint density at radius 1 is 1.64 bits per heavy atom. The van der Waals surface area contributed by atoms with E-state index in [1.165, 1.54) is 17.3 Å². The zero-order valence-corrected chi connectivity index (χ0v) is 8.26. The molecule has 0 fully saturated rings.